The van der Waals surface area contributed by atoms with Gasteiger partial charge in [0, 0.05) is 4.47 Å². The van der Waals surface area contributed by atoms with Crippen LogP contribution in [-0.4, -0.2) is 6.61 Å². The highest BCUT2D eigenvalue weighted by molar-refractivity contribution is 9.10. The normalized spacial score (nSPS) is 17.6. The first kappa shape index (κ1) is 11.7. The lowest BCUT2D eigenvalue weighted by Gasteiger charge is -2.22. The van der Waals surface area contributed by atoms with E-state index in [9.17, 15) is 0 Å². The molecule has 1 aliphatic heterocycles. The van der Waals surface area contributed by atoms with Gasteiger partial charge in [0.05, 0.1) is 12.6 Å². The van der Waals surface area contributed by atoms with E-state index in [0.29, 0.717) is 0 Å². The van der Waals surface area contributed by atoms with Crippen LogP contribution in [0.4, 0.5) is 0 Å². The standard InChI is InChI=1S/C13H16BrNO/c1-9-8-10(14)5-6-11(9)13(15)12-4-2-3-7-16-12/h4-6,8,13H,2-3,7,15H2,1H3. The molecule has 0 radical (unpaired) electrons. The zero-order valence-corrected chi connectivity index (χ0v) is 11.0. The SMILES string of the molecule is Cc1cc(Br)ccc1C(N)C1=CCCCO1. The van der Waals surface area contributed by atoms with E-state index < -0.39 is 0 Å². The fourth-order valence-corrected chi connectivity index (χ4v) is 2.41. The molecule has 0 amide bonds. The molecule has 0 fully saturated rings. The molecule has 1 heterocycles. The first-order valence-electron chi connectivity index (χ1n) is 5.53. The quantitative estimate of drug-likeness (QED) is 0.901. The molecule has 1 unspecified atom stereocenters. The summed E-state index contributed by atoms with van der Waals surface area (Å²) in [6.07, 6.45) is 4.27. The van der Waals surface area contributed by atoms with Crippen molar-refractivity contribution >= 4 is 15.9 Å². The molecule has 2 N–H and O–H groups in total. The van der Waals surface area contributed by atoms with Crippen molar-refractivity contribution in [3.8, 4) is 0 Å². The van der Waals surface area contributed by atoms with Crippen molar-refractivity contribution < 1.29 is 4.74 Å². The summed E-state index contributed by atoms with van der Waals surface area (Å²) in [5.41, 5.74) is 8.54. The van der Waals surface area contributed by atoms with Gasteiger partial charge in [0.25, 0.3) is 0 Å². The smallest absolute Gasteiger partial charge is 0.113 e. The second-order valence-electron chi connectivity index (χ2n) is 4.08. The van der Waals surface area contributed by atoms with Crippen molar-refractivity contribution in [2.24, 2.45) is 5.73 Å². The Morgan fingerprint density at radius 1 is 1.44 bits per heavy atom. The Bertz CT molecular complexity index is 414. The third-order valence-electron chi connectivity index (χ3n) is 2.84. The van der Waals surface area contributed by atoms with Crippen LogP contribution in [0.3, 0.4) is 0 Å². The molecule has 0 spiro atoms. The molecule has 2 rings (SSSR count). The number of aryl methyl sites for hydroxylation is 1. The summed E-state index contributed by atoms with van der Waals surface area (Å²) in [5.74, 6) is 0.914. The number of benzene rings is 1. The minimum Gasteiger partial charge on any atom is -0.496 e. The number of hydrogen-bond donors (Lipinski definition) is 1. The Kier molecular flexibility index (Phi) is 3.66. The van der Waals surface area contributed by atoms with E-state index in [1.54, 1.807) is 0 Å². The summed E-state index contributed by atoms with van der Waals surface area (Å²) in [7, 11) is 0. The fraction of sp³-hybridized carbons (Fsp3) is 0.385. The van der Waals surface area contributed by atoms with Crippen molar-refractivity contribution in [1.82, 2.24) is 0 Å². The predicted molar refractivity (Wildman–Crippen MR) is 69.1 cm³/mol. The molecule has 3 heteroatoms. The molecule has 1 aliphatic rings. The zero-order chi connectivity index (χ0) is 11.5. The molecular formula is C13H16BrNO. The maximum atomic E-state index is 6.21. The summed E-state index contributed by atoms with van der Waals surface area (Å²) in [6.45, 7) is 2.86. The Labute approximate surface area is 105 Å². The van der Waals surface area contributed by atoms with E-state index >= 15 is 0 Å². The number of halogens is 1. The van der Waals surface area contributed by atoms with Gasteiger partial charge in [-0.2, -0.15) is 0 Å². The maximum Gasteiger partial charge on any atom is 0.113 e. The van der Waals surface area contributed by atoms with Crippen LogP contribution in [0.15, 0.2) is 34.5 Å². The number of ether oxygens (including phenoxy) is 1. The fourth-order valence-electron chi connectivity index (χ4n) is 1.93. The van der Waals surface area contributed by atoms with Crippen LogP contribution >= 0.6 is 15.9 Å². The second kappa shape index (κ2) is 5.02. The molecular weight excluding hydrogens is 266 g/mol. The number of hydrogen-bond acceptors (Lipinski definition) is 2. The van der Waals surface area contributed by atoms with Gasteiger partial charge in [-0.3, -0.25) is 0 Å². The lowest BCUT2D eigenvalue weighted by atomic mass is 9.99. The summed E-state index contributed by atoms with van der Waals surface area (Å²) < 4.78 is 6.69. The summed E-state index contributed by atoms with van der Waals surface area (Å²) in [6, 6.07) is 6.03. The average Bonchev–Trinajstić information content (AvgIpc) is 2.29. The molecule has 86 valence electrons. The van der Waals surface area contributed by atoms with Gasteiger partial charge in [0.1, 0.15) is 5.76 Å². The Hall–Kier alpha value is -0.800. The van der Waals surface area contributed by atoms with Gasteiger partial charge in [0.2, 0.25) is 0 Å². The highest BCUT2D eigenvalue weighted by Crippen LogP contribution is 2.27. The van der Waals surface area contributed by atoms with Crippen LogP contribution < -0.4 is 5.73 Å². The van der Waals surface area contributed by atoms with Gasteiger partial charge < -0.3 is 10.5 Å². The van der Waals surface area contributed by atoms with E-state index in [-0.39, 0.29) is 6.04 Å². The molecule has 0 saturated carbocycles. The van der Waals surface area contributed by atoms with E-state index in [0.717, 1.165) is 35.2 Å². The van der Waals surface area contributed by atoms with Crippen LogP contribution in [-0.2, 0) is 4.74 Å². The van der Waals surface area contributed by atoms with Crippen LogP contribution in [0.2, 0.25) is 0 Å². The molecule has 1 atom stereocenters. The summed E-state index contributed by atoms with van der Waals surface area (Å²) in [5, 5.41) is 0. The van der Waals surface area contributed by atoms with Crippen LogP contribution in [0, 0.1) is 6.92 Å². The molecule has 1 aromatic carbocycles. The van der Waals surface area contributed by atoms with Gasteiger partial charge >= 0.3 is 0 Å². The summed E-state index contributed by atoms with van der Waals surface area (Å²) in [4.78, 5) is 0. The van der Waals surface area contributed by atoms with Crippen LogP contribution in [0.5, 0.6) is 0 Å². The minimum absolute atomic E-state index is 0.131. The first-order valence-corrected chi connectivity index (χ1v) is 6.32. The maximum absolute atomic E-state index is 6.21. The van der Waals surface area contributed by atoms with Gasteiger partial charge in [-0.25, -0.2) is 0 Å². The third-order valence-corrected chi connectivity index (χ3v) is 3.33. The van der Waals surface area contributed by atoms with Gasteiger partial charge in [0.15, 0.2) is 0 Å². The van der Waals surface area contributed by atoms with Gasteiger partial charge in [-0.05, 0) is 49.1 Å². The molecule has 0 bridgehead atoms. The zero-order valence-electron chi connectivity index (χ0n) is 9.37. The van der Waals surface area contributed by atoms with E-state index in [1.165, 1.54) is 5.56 Å². The van der Waals surface area contributed by atoms with E-state index in [4.69, 9.17) is 10.5 Å². The highest BCUT2D eigenvalue weighted by Gasteiger charge is 2.17. The lowest BCUT2D eigenvalue weighted by Crippen LogP contribution is -2.18. The summed E-state index contributed by atoms with van der Waals surface area (Å²) >= 11 is 3.45. The van der Waals surface area contributed by atoms with Crippen molar-refractivity contribution in [3.05, 3.63) is 45.6 Å². The van der Waals surface area contributed by atoms with Crippen molar-refractivity contribution in [3.63, 3.8) is 0 Å². The molecule has 2 nitrogen and oxygen atoms in total. The molecule has 16 heavy (non-hydrogen) atoms. The molecule has 1 aromatic rings. The van der Waals surface area contributed by atoms with Crippen molar-refractivity contribution in [2.75, 3.05) is 6.61 Å². The molecule has 0 aromatic heterocycles. The largest absolute Gasteiger partial charge is 0.496 e. The van der Waals surface area contributed by atoms with Crippen LogP contribution in [0.1, 0.15) is 30.0 Å². The lowest BCUT2D eigenvalue weighted by molar-refractivity contribution is 0.175. The number of nitrogens with two attached hydrogens (primary N) is 1. The average molecular weight is 282 g/mol. The van der Waals surface area contributed by atoms with Crippen molar-refractivity contribution in [1.29, 1.82) is 0 Å². The van der Waals surface area contributed by atoms with Gasteiger partial charge in [-0.15, -0.1) is 0 Å². The Morgan fingerprint density at radius 3 is 2.88 bits per heavy atom. The van der Waals surface area contributed by atoms with Gasteiger partial charge in [-0.1, -0.05) is 22.0 Å². The first-order chi connectivity index (χ1) is 7.68. The Balaban J connectivity index is 2.26. The monoisotopic (exact) mass is 281 g/mol. The topological polar surface area (TPSA) is 35.2 Å². The van der Waals surface area contributed by atoms with E-state index in [2.05, 4.69) is 41.1 Å². The number of allylic oxidation sites excluding steroid dienone is 1. The van der Waals surface area contributed by atoms with Crippen molar-refractivity contribution in [2.45, 2.75) is 25.8 Å². The third kappa shape index (κ3) is 2.47. The van der Waals surface area contributed by atoms with Crippen LogP contribution in [0.25, 0.3) is 0 Å². The highest BCUT2D eigenvalue weighted by atomic mass is 79.9. The second-order valence-corrected chi connectivity index (χ2v) is 4.99. The molecule has 0 aliphatic carbocycles. The minimum atomic E-state index is -0.131. The van der Waals surface area contributed by atoms with E-state index in [1.807, 2.05) is 6.07 Å². The molecule has 0 saturated heterocycles. The predicted octanol–water partition coefficient (Wildman–Crippen LogP) is 3.45. The number of rotatable bonds is 2. The Morgan fingerprint density at radius 2 is 2.25 bits per heavy atom.